The Morgan fingerprint density at radius 2 is 2.24 bits per heavy atom. The van der Waals surface area contributed by atoms with Crippen LogP contribution < -0.4 is 11.1 Å². The molecule has 1 heterocycles. The van der Waals surface area contributed by atoms with Crippen molar-refractivity contribution in [3.63, 3.8) is 0 Å². The summed E-state index contributed by atoms with van der Waals surface area (Å²) in [5.41, 5.74) is 5.23. The number of amides is 2. The van der Waals surface area contributed by atoms with E-state index in [1.807, 2.05) is 0 Å². The van der Waals surface area contributed by atoms with E-state index >= 15 is 0 Å². The molecule has 0 saturated heterocycles. The van der Waals surface area contributed by atoms with Crippen LogP contribution in [0, 0.1) is 0 Å². The zero-order valence-corrected chi connectivity index (χ0v) is 8.75. The molecule has 0 aromatic carbocycles. The van der Waals surface area contributed by atoms with Gasteiger partial charge in [-0.05, 0) is 0 Å². The molecule has 0 fully saturated rings. The molecule has 92 valence electrons. The molecule has 1 atom stereocenters. The molecule has 8 heteroatoms. The van der Waals surface area contributed by atoms with Crippen molar-refractivity contribution >= 4 is 17.8 Å². The van der Waals surface area contributed by atoms with Gasteiger partial charge in [-0.1, -0.05) is 5.16 Å². The molecule has 2 amide bonds. The lowest BCUT2D eigenvalue weighted by atomic mass is 10.2. The molecule has 0 spiro atoms. The van der Waals surface area contributed by atoms with Crippen LogP contribution >= 0.6 is 0 Å². The minimum absolute atomic E-state index is 0.126. The van der Waals surface area contributed by atoms with Gasteiger partial charge >= 0.3 is 5.97 Å². The van der Waals surface area contributed by atoms with Crippen molar-refractivity contribution in [3.05, 3.63) is 18.0 Å². The van der Waals surface area contributed by atoms with Crippen LogP contribution in [-0.2, 0) is 20.8 Å². The Labute approximate surface area is 95.8 Å². The topological polar surface area (TPSA) is 136 Å². The molecular weight excluding hydrogens is 230 g/mol. The Balaban J connectivity index is 2.52. The molecule has 4 N–H and O–H groups in total. The predicted molar refractivity (Wildman–Crippen MR) is 53.6 cm³/mol. The van der Waals surface area contributed by atoms with Gasteiger partial charge in [0, 0.05) is 6.07 Å². The van der Waals surface area contributed by atoms with E-state index < -0.39 is 30.2 Å². The monoisotopic (exact) mass is 241 g/mol. The van der Waals surface area contributed by atoms with Gasteiger partial charge in [-0.2, -0.15) is 0 Å². The minimum Gasteiger partial charge on any atom is -0.480 e. The number of carbonyl (C=O) groups excluding carboxylic acids is 2. The lowest BCUT2D eigenvalue weighted by Crippen LogP contribution is -2.43. The van der Waals surface area contributed by atoms with Crippen molar-refractivity contribution < 1.29 is 24.0 Å². The highest BCUT2D eigenvalue weighted by molar-refractivity contribution is 5.88. The highest BCUT2D eigenvalue weighted by atomic mass is 16.5. The molecule has 0 aliphatic carbocycles. The molecule has 1 aromatic rings. The van der Waals surface area contributed by atoms with E-state index in [1.165, 1.54) is 12.3 Å². The molecule has 17 heavy (non-hydrogen) atoms. The minimum atomic E-state index is -1.33. The van der Waals surface area contributed by atoms with Gasteiger partial charge in [0.2, 0.25) is 11.8 Å². The first-order valence-electron chi connectivity index (χ1n) is 4.68. The van der Waals surface area contributed by atoms with Crippen molar-refractivity contribution in [2.75, 3.05) is 0 Å². The van der Waals surface area contributed by atoms with Crippen LogP contribution in [0.3, 0.4) is 0 Å². The quantitative estimate of drug-likeness (QED) is 0.564. The summed E-state index contributed by atoms with van der Waals surface area (Å²) in [6, 6.07) is 0.149. The van der Waals surface area contributed by atoms with Crippen LogP contribution in [0.4, 0.5) is 0 Å². The maximum atomic E-state index is 11.4. The Bertz CT molecular complexity index is 414. The largest absolute Gasteiger partial charge is 0.480 e. The fourth-order valence-electron chi connectivity index (χ4n) is 1.14. The first-order valence-corrected chi connectivity index (χ1v) is 4.68. The first kappa shape index (κ1) is 12.7. The second-order valence-electron chi connectivity index (χ2n) is 3.30. The number of aromatic nitrogens is 1. The Morgan fingerprint density at radius 3 is 2.71 bits per heavy atom. The summed E-state index contributed by atoms with van der Waals surface area (Å²) in [5.74, 6) is -2.70. The summed E-state index contributed by atoms with van der Waals surface area (Å²) < 4.78 is 4.51. The number of carboxylic acids is 1. The third-order valence-electron chi connectivity index (χ3n) is 1.87. The number of nitrogens with two attached hydrogens (primary N) is 1. The number of hydrogen-bond donors (Lipinski definition) is 3. The molecule has 0 aliphatic heterocycles. The zero-order valence-electron chi connectivity index (χ0n) is 8.75. The average Bonchev–Trinajstić information content (AvgIpc) is 2.68. The van der Waals surface area contributed by atoms with E-state index in [0.29, 0.717) is 5.69 Å². The van der Waals surface area contributed by atoms with Crippen molar-refractivity contribution in [3.8, 4) is 0 Å². The van der Waals surface area contributed by atoms with E-state index in [1.54, 1.807) is 0 Å². The number of carboxylic acid groups (broad SMARTS) is 1. The van der Waals surface area contributed by atoms with Gasteiger partial charge in [0.1, 0.15) is 12.3 Å². The van der Waals surface area contributed by atoms with Gasteiger partial charge in [-0.15, -0.1) is 0 Å². The number of primary amides is 1. The number of nitrogens with zero attached hydrogens (tertiary/aromatic N) is 1. The Kier molecular flexibility index (Phi) is 4.21. The third-order valence-corrected chi connectivity index (χ3v) is 1.87. The summed E-state index contributed by atoms with van der Waals surface area (Å²) in [6.07, 6.45) is 0.708. The van der Waals surface area contributed by atoms with Crippen LogP contribution in [0.2, 0.25) is 0 Å². The number of rotatable bonds is 6. The lowest BCUT2D eigenvalue weighted by Gasteiger charge is -2.11. The number of hydrogen-bond acceptors (Lipinski definition) is 5. The maximum Gasteiger partial charge on any atom is 0.326 e. The molecular formula is C9H11N3O5. The third kappa shape index (κ3) is 4.33. The van der Waals surface area contributed by atoms with Gasteiger partial charge in [-0.3, -0.25) is 9.59 Å². The van der Waals surface area contributed by atoms with E-state index in [4.69, 9.17) is 10.8 Å². The van der Waals surface area contributed by atoms with Crippen LogP contribution in [0.1, 0.15) is 12.1 Å². The summed E-state index contributed by atoms with van der Waals surface area (Å²) in [6.45, 7) is 0. The fourth-order valence-corrected chi connectivity index (χ4v) is 1.14. The zero-order chi connectivity index (χ0) is 12.8. The van der Waals surface area contributed by atoms with Crippen molar-refractivity contribution in [1.29, 1.82) is 0 Å². The van der Waals surface area contributed by atoms with Crippen LogP contribution in [0.15, 0.2) is 16.9 Å². The van der Waals surface area contributed by atoms with Gasteiger partial charge in [0.05, 0.1) is 18.5 Å². The molecule has 1 aromatic heterocycles. The molecule has 8 nitrogen and oxygen atoms in total. The normalized spacial score (nSPS) is 11.8. The summed E-state index contributed by atoms with van der Waals surface area (Å²) in [4.78, 5) is 32.7. The highest BCUT2D eigenvalue weighted by Crippen LogP contribution is 1.98. The average molecular weight is 241 g/mol. The Morgan fingerprint density at radius 1 is 1.53 bits per heavy atom. The van der Waals surface area contributed by atoms with Crippen LogP contribution in [0.5, 0.6) is 0 Å². The summed E-state index contributed by atoms with van der Waals surface area (Å²) in [5, 5.41) is 14.4. The van der Waals surface area contributed by atoms with Crippen molar-refractivity contribution in [2.45, 2.75) is 18.9 Å². The molecule has 0 aliphatic rings. The molecule has 0 unspecified atom stereocenters. The molecule has 1 rings (SSSR count). The SMILES string of the molecule is NC(=O)C[C@H](NC(=O)Cc1ccon1)C(=O)O. The summed E-state index contributed by atoms with van der Waals surface area (Å²) >= 11 is 0. The van der Waals surface area contributed by atoms with E-state index in [9.17, 15) is 14.4 Å². The lowest BCUT2D eigenvalue weighted by molar-refractivity contribution is -0.143. The smallest absolute Gasteiger partial charge is 0.326 e. The second kappa shape index (κ2) is 5.64. The number of aliphatic carboxylic acids is 1. The van der Waals surface area contributed by atoms with Gasteiger partial charge < -0.3 is 20.7 Å². The van der Waals surface area contributed by atoms with E-state index in [2.05, 4.69) is 15.0 Å². The van der Waals surface area contributed by atoms with Gasteiger partial charge in [0.15, 0.2) is 0 Å². The van der Waals surface area contributed by atoms with Gasteiger partial charge in [-0.25, -0.2) is 4.79 Å². The van der Waals surface area contributed by atoms with E-state index in [-0.39, 0.29) is 6.42 Å². The maximum absolute atomic E-state index is 11.4. The van der Waals surface area contributed by atoms with Crippen LogP contribution in [-0.4, -0.2) is 34.1 Å². The molecule has 0 radical (unpaired) electrons. The predicted octanol–water partition coefficient (Wildman–Crippen LogP) is -1.34. The van der Waals surface area contributed by atoms with Crippen molar-refractivity contribution in [2.24, 2.45) is 5.73 Å². The second-order valence-corrected chi connectivity index (χ2v) is 3.30. The first-order chi connectivity index (χ1) is 7.99. The van der Waals surface area contributed by atoms with Gasteiger partial charge in [0.25, 0.3) is 0 Å². The number of nitrogens with one attached hydrogen (secondary N) is 1. The van der Waals surface area contributed by atoms with E-state index in [0.717, 1.165) is 0 Å². The molecule has 0 saturated carbocycles. The van der Waals surface area contributed by atoms with Crippen molar-refractivity contribution in [1.82, 2.24) is 10.5 Å². The summed E-state index contributed by atoms with van der Waals surface area (Å²) in [7, 11) is 0. The van der Waals surface area contributed by atoms with Crippen LogP contribution in [0.25, 0.3) is 0 Å². The molecule has 0 bridgehead atoms. The highest BCUT2D eigenvalue weighted by Gasteiger charge is 2.22. The standard InChI is InChI=1S/C9H11N3O5/c10-7(13)4-6(9(15)16)11-8(14)3-5-1-2-17-12-5/h1-2,6H,3-4H2,(H2,10,13)(H,11,14)(H,15,16)/t6-/m0/s1. The number of carbonyl (C=O) groups is 3. The fraction of sp³-hybridized carbons (Fsp3) is 0.333. The Hall–Kier alpha value is -2.38.